The summed E-state index contributed by atoms with van der Waals surface area (Å²) in [6, 6.07) is 0.897. The molecule has 3 nitrogen and oxygen atoms in total. The molecule has 19 heavy (non-hydrogen) atoms. The SMILES string of the molecule is NNC(c1cncc(F)c1)c1c(F)cc(F)cc1F. The summed E-state index contributed by atoms with van der Waals surface area (Å²) in [4.78, 5) is 3.57. The van der Waals surface area contributed by atoms with Gasteiger partial charge in [-0.25, -0.2) is 23.0 Å². The molecular weight excluding hydrogens is 262 g/mol. The van der Waals surface area contributed by atoms with Gasteiger partial charge in [0.15, 0.2) is 0 Å². The lowest BCUT2D eigenvalue weighted by molar-refractivity contribution is 0.490. The van der Waals surface area contributed by atoms with E-state index in [1.807, 2.05) is 0 Å². The quantitative estimate of drug-likeness (QED) is 0.511. The molecule has 1 heterocycles. The summed E-state index contributed by atoms with van der Waals surface area (Å²) in [5.41, 5.74) is 1.77. The number of hydrogen-bond acceptors (Lipinski definition) is 3. The van der Waals surface area contributed by atoms with Crippen LogP contribution in [0, 0.1) is 23.3 Å². The molecule has 1 atom stereocenters. The largest absolute Gasteiger partial charge is 0.271 e. The van der Waals surface area contributed by atoms with Gasteiger partial charge < -0.3 is 0 Å². The lowest BCUT2D eigenvalue weighted by Crippen LogP contribution is -2.30. The van der Waals surface area contributed by atoms with Crippen molar-refractivity contribution in [3.05, 3.63) is 65.0 Å². The van der Waals surface area contributed by atoms with Crippen LogP contribution in [0.15, 0.2) is 30.6 Å². The van der Waals surface area contributed by atoms with Crippen LogP contribution < -0.4 is 11.3 Å². The Morgan fingerprint density at radius 2 is 1.58 bits per heavy atom. The van der Waals surface area contributed by atoms with E-state index in [2.05, 4.69) is 10.4 Å². The van der Waals surface area contributed by atoms with Gasteiger partial charge in [-0.1, -0.05) is 0 Å². The van der Waals surface area contributed by atoms with E-state index in [9.17, 15) is 17.6 Å². The summed E-state index contributed by atoms with van der Waals surface area (Å²) in [5.74, 6) is 1.27. The van der Waals surface area contributed by atoms with E-state index in [-0.39, 0.29) is 5.56 Å². The van der Waals surface area contributed by atoms with Gasteiger partial charge in [0.1, 0.15) is 23.3 Å². The van der Waals surface area contributed by atoms with Crippen molar-refractivity contribution in [2.24, 2.45) is 5.84 Å². The first-order valence-corrected chi connectivity index (χ1v) is 5.24. The second kappa shape index (κ2) is 5.33. The minimum Gasteiger partial charge on any atom is -0.271 e. The van der Waals surface area contributed by atoms with Crippen LogP contribution in [0.25, 0.3) is 0 Å². The number of hydrazine groups is 1. The zero-order valence-electron chi connectivity index (χ0n) is 9.50. The van der Waals surface area contributed by atoms with E-state index in [4.69, 9.17) is 5.84 Å². The molecule has 100 valence electrons. The van der Waals surface area contributed by atoms with E-state index in [1.165, 1.54) is 6.20 Å². The Bertz CT molecular complexity index is 580. The predicted molar refractivity (Wildman–Crippen MR) is 59.7 cm³/mol. The minimum absolute atomic E-state index is 0.118. The lowest BCUT2D eigenvalue weighted by atomic mass is 9.99. The van der Waals surface area contributed by atoms with E-state index in [0.29, 0.717) is 12.1 Å². The fourth-order valence-corrected chi connectivity index (χ4v) is 1.76. The van der Waals surface area contributed by atoms with Crippen LogP contribution in [0.1, 0.15) is 17.2 Å². The highest BCUT2D eigenvalue weighted by Crippen LogP contribution is 2.27. The van der Waals surface area contributed by atoms with Crippen molar-refractivity contribution >= 4 is 0 Å². The van der Waals surface area contributed by atoms with Crippen molar-refractivity contribution in [3.8, 4) is 0 Å². The van der Waals surface area contributed by atoms with Crippen LogP contribution >= 0.6 is 0 Å². The first kappa shape index (κ1) is 13.4. The first-order valence-electron chi connectivity index (χ1n) is 5.24. The van der Waals surface area contributed by atoms with E-state index < -0.39 is 34.9 Å². The molecule has 7 heteroatoms. The van der Waals surface area contributed by atoms with Gasteiger partial charge in [0.25, 0.3) is 0 Å². The molecule has 0 amide bonds. The average molecular weight is 271 g/mol. The zero-order chi connectivity index (χ0) is 14.0. The number of aromatic nitrogens is 1. The fourth-order valence-electron chi connectivity index (χ4n) is 1.76. The van der Waals surface area contributed by atoms with Gasteiger partial charge in [-0.2, -0.15) is 0 Å². The monoisotopic (exact) mass is 271 g/mol. The molecule has 0 aliphatic heterocycles. The highest BCUT2D eigenvalue weighted by atomic mass is 19.1. The molecule has 0 fully saturated rings. The molecule has 0 aliphatic rings. The van der Waals surface area contributed by atoms with Crippen molar-refractivity contribution in [2.45, 2.75) is 6.04 Å². The lowest BCUT2D eigenvalue weighted by Gasteiger charge is -2.18. The molecule has 0 saturated carbocycles. The Kier molecular flexibility index (Phi) is 3.77. The molecule has 0 aliphatic carbocycles. The van der Waals surface area contributed by atoms with Gasteiger partial charge in [-0.15, -0.1) is 0 Å². The molecular formula is C12H9F4N3. The summed E-state index contributed by atoms with van der Waals surface area (Å²) in [7, 11) is 0. The van der Waals surface area contributed by atoms with Crippen LogP contribution in [0.3, 0.4) is 0 Å². The third-order valence-corrected chi connectivity index (χ3v) is 2.56. The topological polar surface area (TPSA) is 50.9 Å². The molecule has 0 radical (unpaired) electrons. The van der Waals surface area contributed by atoms with Crippen molar-refractivity contribution in [2.75, 3.05) is 0 Å². The Morgan fingerprint density at radius 1 is 0.947 bits per heavy atom. The van der Waals surface area contributed by atoms with Gasteiger partial charge in [0.2, 0.25) is 0 Å². The molecule has 1 unspecified atom stereocenters. The summed E-state index contributed by atoms with van der Waals surface area (Å²) in [6.45, 7) is 0. The fraction of sp³-hybridized carbons (Fsp3) is 0.0833. The van der Waals surface area contributed by atoms with E-state index >= 15 is 0 Å². The van der Waals surface area contributed by atoms with Crippen molar-refractivity contribution in [1.29, 1.82) is 0 Å². The van der Waals surface area contributed by atoms with Crippen LogP contribution in [0.2, 0.25) is 0 Å². The number of halogens is 4. The maximum absolute atomic E-state index is 13.6. The van der Waals surface area contributed by atoms with Gasteiger partial charge >= 0.3 is 0 Å². The maximum atomic E-state index is 13.6. The summed E-state index contributed by atoms with van der Waals surface area (Å²) in [6.07, 6.45) is 2.14. The van der Waals surface area contributed by atoms with Crippen molar-refractivity contribution in [3.63, 3.8) is 0 Å². The summed E-state index contributed by atoms with van der Waals surface area (Å²) >= 11 is 0. The standard InChI is InChI=1S/C12H9F4N3/c13-7-2-9(15)11(10(16)3-7)12(19-17)6-1-8(14)5-18-4-6/h1-5,12,19H,17H2. The Hall–Kier alpha value is -1.99. The molecule has 2 aromatic rings. The zero-order valence-corrected chi connectivity index (χ0v) is 9.50. The van der Waals surface area contributed by atoms with Gasteiger partial charge in [0, 0.05) is 23.9 Å². The van der Waals surface area contributed by atoms with E-state index in [0.717, 1.165) is 12.3 Å². The Labute approximate surface area is 106 Å². The normalized spacial score (nSPS) is 12.5. The third-order valence-electron chi connectivity index (χ3n) is 2.56. The van der Waals surface area contributed by atoms with Crippen LogP contribution in [-0.4, -0.2) is 4.98 Å². The second-order valence-electron chi connectivity index (χ2n) is 3.82. The number of benzene rings is 1. The molecule has 3 N–H and O–H groups in total. The second-order valence-corrected chi connectivity index (χ2v) is 3.82. The van der Waals surface area contributed by atoms with Gasteiger partial charge in [-0.05, 0) is 11.6 Å². The highest BCUT2D eigenvalue weighted by Gasteiger charge is 2.22. The Balaban J connectivity index is 2.54. The molecule has 0 spiro atoms. The molecule has 2 rings (SSSR count). The molecule has 1 aromatic heterocycles. The predicted octanol–water partition coefficient (Wildman–Crippen LogP) is 2.19. The number of pyridine rings is 1. The highest BCUT2D eigenvalue weighted by molar-refractivity contribution is 5.32. The van der Waals surface area contributed by atoms with Crippen LogP contribution in [-0.2, 0) is 0 Å². The van der Waals surface area contributed by atoms with Gasteiger partial charge in [-0.3, -0.25) is 10.8 Å². The summed E-state index contributed by atoms with van der Waals surface area (Å²) < 4.78 is 53.2. The van der Waals surface area contributed by atoms with Crippen LogP contribution in [0.5, 0.6) is 0 Å². The average Bonchev–Trinajstić information content (AvgIpc) is 2.33. The first-order chi connectivity index (χ1) is 9.02. The van der Waals surface area contributed by atoms with Crippen molar-refractivity contribution in [1.82, 2.24) is 10.4 Å². The number of hydrogen-bond donors (Lipinski definition) is 2. The van der Waals surface area contributed by atoms with Crippen molar-refractivity contribution < 1.29 is 17.6 Å². The smallest absolute Gasteiger partial charge is 0.141 e. The molecule has 0 bridgehead atoms. The number of nitrogens with one attached hydrogen (secondary N) is 1. The van der Waals surface area contributed by atoms with E-state index in [1.54, 1.807) is 0 Å². The minimum atomic E-state index is -1.18. The maximum Gasteiger partial charge on any atom is 0.141 e. The van der Waals surface area contributed by atoms with Gasteiger partial charge in [0.05, 0.1) is 12.2 Å². The number of rotatable bonds is 3. The number of nitrogens with zero attached hydrogens (tertiary/aromatic N) is 1. The number of nitrogens with two attached hydrogens (primary N) is 1. The third kappa shape index (κ3) is 2.72. The molecule has 1 aromatic carbocycles. The molecule has 0 saturated heterocycles. The summed E-state index contributed by atoms with van der Waals surface area (Å²) in [5, 5.41) is 0. The van der Waals surface area contributed by atoms with Crippen LogP contribution in [0.4, 0.5) is 17.6 Å². The Morgan fingerprint density at radius 3 is 2.11 bits per heavy atom.